The number of pyridine rings is 1. The number of aromatic nitrogens is 2. The maximum atomic E-state index is 14.8. The van der Waals surface area contributed by atoms with Crippen molar-refractivity contribution in [3.05, 3.63) is 76.8 Å². The average Bonchev–Trinajstić information content (AvgIpc) is 4.03. The first kappa shape index (κ1) is 39.5. The van der Waals surface area contributed by atoms with Crippen LogP contribution >= 0.6 is 22.9 Å². The minimum absolute atomic E-state index is 0.0179. The minimum atomic E-state index is -3.90. The number of amides is 3. The highest BCUT2D eigenvalue weighted by Gasteiger charge is 2.62. The molecule has 3 fully saturated rings. The number of carbonyl (C=O) groups is 3. The Kier molecular flexibility index (Phi) is 10.3. The number of benzene rings is 2. The van der Waals surface area contributed by atoms with Crippen LogP contribution < -0.4 is 20.1 Å². The number of hydrogen-bond donors (Lipinski definition) is 4. The van der Waals surface area contributed by atoms with Gasteiger partial charge in [0.15, 0.2) is 5.13 Å². The molecule has 2 aromatic carbocycles. The number of sulfonamides is 1. The van der Waals surface area contributed by atoms with Gasteiger partial charge in [0.25, 0.3) is 5.91 Å². The minimum Gasteiger partial charge on any atom is -0.506 e. The lowest BCUT2D eigenvalue weighted by Gasteiger charge is -2.35. The summed E-state index contributed by atoms with van der Waals surface area (Å²) >= 11 is 7.67. The summed E-state index contributed by atoms with van der Waals surface area (Å²) in [6.45, 7) is 13.6. The second kappa shape index (κ2) is 14.6. The number of carbonyl (C=O) groups excluding carboxylic acids is 3. The Morgan fingerprint density at radius 3 is 2.54 bits per heavy atom. The third-order valence-electron chi connectivity index (χ3n) is 10.9. The van der Waals surface area contributed by atoms with E-state index < -0.39 is 68.1 Å². The number of aromatic hydroxyl groups is 1. The Bertz CT molecular complexity index is 2360. The number of aryl methyl sites for hydroxylation is 2. The van der Waals surface area contributed by atoms with Gasteiger partial charge in [-0.3, -0.25) is 19.1 Å². The smallest absolute Gasteiger partial charge is 0.259 e. The van der Waals surface area contributed by atoms with Crippen LogP contribution in [0.5, 0.6) is 11.6 Å². The highest BCUT2D eigenvalue weighted by molar-refractivity contribution is 7.91. The molecule has 56 heavy (non-hydrogen) atoms. The Labute approximate surface area is 334 Å². The molecule has 3 heterocycles. The molecular formula is C40H45ClN6O7S2. The van der Waals surface area contributed by atoms with Crippen molar-refractivity contribution in [3.8, 4) is 22.9 Å². The van der Waals surface area contributed by atoms with Crippen LogP contribution in [-0.2, 0) is 24.4 Å². The zero-order valence-corrected chi connectivity index (χ0v) is 34.1. The first-order valence-electron chi connectivity index (χ1n) is 18.4. The first-order valence-corrected chi connectivity index (χ1v) is 21.3. The van der Waals surface area contributed by atoms with Gasteiger partial charge >= 0.3 is 0 Å². The molecule has 4 N–H and O–H groups in total. The van der Waals surface area contributed by atoms with Gasteiger partial charge < -0.3 is 25.4 Å². The van der Waals surface area contributed by atoms with Crippen molar-refractivity contribution in [1.29, 1.82) is 0 Å². The molecule has 4 aromatic rings. The van der Waals surface area contributed by atoms with Crippen LogP contribution in [0, 0.1) is 25.2 Å². The fourth-order valence-electron chi connectivity index (χ4n) is 7.13. The monoisotopic (exact) mass is 820 g/mol. The normalized spacial score (nSPS) is 22.7. The Morgan fingerprint density at radius 1 is 1.12 bits per heavy atom. The van der Waals surface area contributed by atoms with Crippen LogP contribution in [0.4, 0.5) is 5.13 Å². The van der Waals surface area contributed by atoms with Crippen LogP contribution in [-0.4, -0.2) is 81.6 Å². The van der Waals surface area contributed by atoms with Gasteiger partial charge in [-0.05, 0) is 73.9 Å². The van der Waals surface area contributed by atoms with Gasteiger partial charge in [0, 0.05) is 39.1 Å². The number of hydrogen-bond acceptors (Lipinski definition) is 11. The van der Waals surface area contributed by atoms with E-state index in [2.05, 4.69) is 33.0 Å². The maximum absolute atomic E-state index is 14.8. The number of rotatable bonds is 12. The lowest BCUT2D eigenvalue weighted by Crippen LogP contribution is -2.58. The molecule has 0 bridgehead atoms. The molecule has 5 atom stereocenters. The fraction of sp³-hybridized carbons (Fsp3) is 0.425. The van der Waals surface area contributed by atoms with Crippen molar-refractivity contribution >= 4 is 66.6 Å². The van der Waals surface area contributed by atoms with E-state index in [1.165, 1.54) is 34.1 Å². The van der Waals surface area contributed by atoms with Gasteiger partial charge in [0.05, 0.1) is 23.7 Å². The van der Waals surface area contributed by atoms with E-state index in [0.717, 1.165) is 16.8 Å². The van der Waals surface area contributed by atoms with E-state index in [1.807, 2.05) is 52.1 Å². The zero-order chi connectivity index (χ0) is 40.3. The molecule has 1 saturated heterocycles. The van der Waals surface area contributed by atoms with Gasteiger partial charge in [-0.15, -0.1) is 17.9 Å². The third-order valence-corrected chi connectivity index (χ3v) is 13.7. The summed E-state index contributed by atoms with van der Waals surface area (Å²) in [5.74, 6) is -2.31. The molecule has 3 aliphatic rings. The zero-order valence-electron chi connectivity index (χ0n) is 31.8. The standard InChI is InChI=1S/C40H45ClN6O7S2/c1-7-24-17-40(24,37(51)46-56(52,53)27-11-12-27)45-34(49)31-16-26(54-35-29-15-25(41)10-13-28(29)32(48)18-42-35)19-47(31)36(50)33(39(4,5)6)44-38-43-30(20-55-38)23-9-8-21(2)22(3)14-23/h7-10,13-15,18,20,24,26-27,31,33,48H,1,11-12,16-17,19H2,2-6H3,(H,43,44)(H,45,49)(H,46,51)/t24-,26-,31+,33-,40-/m1/s1. The molecule has 0 radical (unpaired) electrons. The van der Waals surface area contributed by atoms with E-state index >= 15 is 0 Å². The molecule has 2 saturated carbocycles. The second-order valence-electron chi connectivity index (χ2n) is 16.1. The van der Waals surface area contributed by atoms with E-state index in [4.69, 9.17) is 21.3 Å². The molecule has 1 aliphatic heterocycles. The van der Waals surface area contributed by atoms with Crippen LogP contribution in [0.2, 0.25) is 5.02 Å². The van der Waals surface area contributed by atoms with Gasteiger partial charge in [-0.25, -0.2) is 18.4 Å². The summed E-state index contributed by atoms with van der Waals surface area (Å²) in [4.78, 5) is 53.4. The third kappa shape index (κ3) is 7.81. The molecule has 7 rings (SSSR count). The number of ether oxygens (including phenoxy) is 1. The second-order valence-corrected chi connectivity index (χ2v) is 19.3. The Balaban J connectivity index is 1.19. The summed E-state index contributed by atoms with van der Waals surface area (Å²) in [7, 11) is -3.90. The highest BCUT2D eigenvalue weighted by atomic mass is 35.5. The molecule has 0 spiro atoms. The van der Waals surface area contributed by atoms with Crippen LogP contribution in [0.15, 0.2) is 60.6 Å². The van der Waals surface area contributed by atoms with Crippen LogP contribution in [0.1, 0.15) is 57.6 Å². The van der Waals surface area contributed by atoms with Gasteiger partial charge in [0.2, 0.25) is 27.7 Å². The molecule has 13 nitrogen and oxygen atoms in total. The number of nitrogens with zero attached hydrogens (tertiary/aromatic N) is 3. The maximum Gasteiger partial charge on any atom is 0.259 e. The largest absolute Gasteiger partial charge is 0.506 e. The number of halogens is 1. The summed E-state index contributed by atoms with van der Waals surface area (Å²) in [5.41, 5.74) is 1.79. The van der Waals surface area contributed by atoms with E-state index in [1.54, 1.807) is 18.2 Å². The molecule has 16 heteroatoms. The average molecular weight is 821 g/mol. The number of nitrogens with one attached hydrogen (secondary N) is 3. The number of anilines is 1. The van der Waals surface area contributed by atoms with Crippen LogP contribution in [0.3, 0.4) is 0 Å². The SMILES string of the molecule is C=C[C@@H]1C[C@]1(NC(=O)[C@@H]1C[C@@H](Oc2ncc(O)c3ccc(Cl)cc23)CN1C(=O)[C@@H](Nc1nc(-c2ccc(C)c(C)c2)cs1)C(C)(C)C)C(=O)NS(=O)(=O)C1CC1. The number of thiazole rings is 1. The number of fused-ring (bicyclic) bond motifs is 1. The summed E-state index contributed by atoms with van der Waals surface area (Å²) in [6, 6.07) is 9.03. The van der Waals surface area contributed by atoms with Gasteiger partial charge in [0.1, 0.15) is 29.5 Å². The van der Waals surface area contributed by atoms with Gasteiger partial charge in [-0.1, -0.05) is 50.6 Å². The molecular weight excluding hydrogens is 776 g/mol. The Hall–Kier alpha value is -4.73. The Morgan fingerprint density at radius 2 is 1.88 bits per heavy atom. The van der Waals surface area contributed by atoms with E-state index in [9.17, 15) is 27.9 Å². The predicted molar refractivity (Wildman–Crippen MR) is 216 cm³/mol. The molecule has 2 aliphatic carbocycles. The van der Waals surface area contributed by atoms with Crippen molar-refractivity contribution in [2.24, 2.45) is 11.3 Å². The van der Waals surface area contributed by atoms with Crippen LogP contribution in [0.25, 0.3) is 22.0 Å². The van der Waals surface area contributed by atoms with E-state index in [0.29, 0.717) is 33.8 Å². The first-order chi connectivity index (χ1) is 26.4. The molecule has 2 aromatic heterocycles. The van der Waals surface area contributed by atoms with Crippen molar-refractivity contribution < 1.29 is 32.6 Å². The molecule has 0 unspecified atom stereocenters. The van der Waals surface area contributed by atoms with Gasteiger partial charge in [-0.2, -0.15) is 0 Å². The van der Waals surface area contributed by atoms with Crippen molar-refractivity contribution in [1.82, 2.24) is 24.9 Å². The summed E-state index contributed by atoms with van der Waals surface area (Å²) in [6.07, 6.45) is 3.11. The highest BCUT2D eigenvalue weighted by Crippen LogP contribution is 2.46. The van der Waals surface area contributed by atoms with Crippen molar-refractivity contribution in [2.75, 3.05) is 11.9 Å². The van der Waals surface area contributed by atoms with Crippen molar-refractivity contribution in [3.63, 3.8) is 0 Å². The van der Waals surface area contributed by atoms with Crippen molar-refractivity contribution in [2.45, 2.75) is 89.3 Å². The topological polar surface area (TPSA) is 180 Å². The number of likely N-dealkylation sites (tertiary alicyclic amines) is 1. The quantitative estimate of drug-likeness (QED) is 0.126. The lowest BCUT2D eigenvalue weighted by atomic mass is 9.85. The molecule has 296 valence electrons. The van der Waals surface area contributed by atoms with E-state index in [-0.39, 0.29) is 31.0 Å². The predicted octanol–water partition coefficient (Wildman–Crippen LogP) is 5.88. The summed E-state index contributed by atoms with van der Waals surface area (Å²) in [5, 5.41) is 19.8. The lowest BCUT2D eigenvalue weighted by molar-refractivity contribution is -0.141. The molecule has 3 amide bonds. The summed E-state index contributed by atoms with van der Waals surface area (Å²) < 4.78 is 34.1. The fourth-order valence-corrected chi connectivity index (χ4v) is 9.42.